The van der Waals surface area contributed by atoms with Crippen molar-refractivity contribution < 1.29 is 0 Å². The molecule has 1 aromatic rings. The zero-order valence-electron chi connectivity index (χ0n) is 8.12. The van der Waals surface area contributed by atoms with Crippen LogP contribution >= 0.6 is 0 Å². The first kappa shape index (κ1) is 8.93. The molecule has 2 rings (SSSR count). The molecule has 0 aromatic carbocycles. The van der Waals surface area contributed by atoms with Gasteiger partial charge in [0, 0.05) is 11.4 Å². The third-order valence-electron chi connectivity index (χ3n) is 2.36. The summed E-state index contributed by atoms with van der Waals surface area (Å²) in [6.07, 6.45) is 3.23. The van der Waals surface area contributed by atoms with E-state index < -0.39 is 0 Å². The standard InChI is InChI=1S/C9H13N5/c1-5-6-3-2-4-7(6)13-9(12-5)14-8(10)11/h2-4H2,1H3,(H4,10,11,12,13,14). The van der Waals surface area contributed by atoms with Crippen molar-refractivity contribution in [2.45, 2.75) is 26.2 Å². The van der Waals surface area contributed by atoms with Crippen LogP contribution in [0.4, 0.5) is 5.95 Å². The molecule has 14 heavy (non-hydrogen) atoms. The minimum absolute atomic E-state index is 0.00217. The Labute approximate surface area is 82.3 Å². The number of fused-ring (bicyclic) bond motifs is 1. The van der Waals surface area contributed by atoms with Crippen LogP contribution in [0.5, 0.6) is 0 Å². The molecule has 1 aromatic heterocycles. The summed E-state index contributed by atoms with van der Waals surface area (Å²) >= 11 is 0. The van der Waals surface area contributed by atoms with E-state index in [2.05, 4.69) is 15.0 Å². The predicted octanol–water partition coefficient (Wildman–Crippen LogP) is 0.179. The molecule has 1 heterocycles. The van der Waals surface area contributed by atoms with Crippen molar-refractivity contribution in [3.8, 4) is 0 Å². The first-order valence-corrected chi connectivity index (χ1v) is 4.63. The predicted molar refractivity (Wildman–Crippen MR) is 54.3 cm³/mol. The van der Waals surface area contributed by atoms with Gasteiger partial charge < -0.3 is 11.5 Å². The van der Waals surface area contributed by atoms with Crippen LogP contribution < -0.4 is 11.5 Å². The van der Waals surface area contributed by atoms with Crippen LogP contribution in [-0.2, 0) is 12.8 Å². The lowest BCUT2D eigenvalue weighted by Gasteiger charge is -2.03. The highest BCUT2D eigenvalue weighted by Crippen LogP contribution is 2.23. The zero-order chi connectivity index (χ0) is 10.1. The van der Waals surface area contributed by atoms with Gasteiger partial charge in [0.1, 0.15) is 0 Å². The molecule has 0 unspecified atom stereocenters. The molecular weight excluding hydrogens is 178 g/mol. The molecule has 0 saturated heterocycles. The van der Waals surface area contributed by atoms with Crippen LogP contribution in [0.15, 0.2) is 4.99 Å². The number of hydrogen-bond acceptors (Lipinski definition) is 3. The Morgan fingerprint density at radius 1 is 1.29 bits per heavy atom. The molecule has 0 fully saturated rings. The summed E-state index contributed by atoms with van der Waals surface area (Å²) in [4.78, 5) is 12.4. The van der Waals surface area contributed by atoms with E-state index in [0.29, 0.717) is 5.95 Å². The number of aliphatic imine (C=N–C) groups is 1. The van der Waals surface area contributed by atoms with Crippen molar-refractivity contribution in [1.82, 2.24) is 9.97 Å². The van der Waals surface area contributed by atoms with Crippen molar-refractivity contribution >= 4 is 11.9 Å². The summed E-state index contributed by atoms with van der Waals surface area (Å²) in [5.41, 5.74) is 13.9. The largest absolute Gasteiger partial charge is 0.370 e. The van der Waals surface area contributed by atoms with E-state index in [9.17, 15) is 0 Å². The van der Waals surface area contributed by atoms with Gasteiger partial charge in [0.15, 0.2) is 5.96 Å². The Bertz CT molecular complexity index is 392. The molecule has 0 saturated carbocycles. The van der Waals surface area contributed by atoms with Gasteiger partial charge in [-0.05, 0) is 31.7 Å². The van der Waals surface area contributed by atoms with Crippen LogP contribution in [0, 0.1) is 6.92 Å². The Hall–Kier alpha value is -1.65. The number of rotatable bonds is 1. The van der Waals surface area contributed by atoms with E-state index in [-0.39, 0.29) is 5.96 Å². The zero-order valence-corrected chi connectivity index (χ0v) is 8.12. The van der Waals surface area contributed by atoms with Crippen molar-refractivity contribution in [3.63, 3.8) is 0 Å². The summed E-state index contributed by atoms with van der Waals surface area (Å²) in [5, 5.41) is 0. The second-order valence-corrected chi connectivity index (χ2v) is 3.42. The van der Waals surface area contributed by atoms with Crippen molar-refractivity contribution in [2.24, 2.45) is 16.5 Å². The minimum atomic E-state index is 0.00217. The third-order valence-corrected chi connectivity index (χ3v) is 2.36. The number of guanidine groups is 1. The summed E-state index contributed by atoms with van der Waals surface area (Å²) < 4.78 is 0. The van der Waals surface area contributed by atoms with Gasteiger partial charge in [-0.2, -0.15) is 4.99 Å². The molecule has 0 spiro atoms. The topological polar surface area (TPSA) is 90.2 Å². The second kappa shape index (κ2) is 3.25. The maximum absolute atomic E-state index is 5.27. The molecular formula is C9H13N5. The molecule has 0 bridgehead atoms. The van der Waals surface area contributed by atoms with Gasteiger partial charge in [-0.25, -0.2) is 9.97 Å². The lowest BCUT2D eigenvalue weighted by molar-refractivity contribution is 0.898. The number of hydrogen-bond donors (Lipinski definition) is 2. The van der Waals surface area contributed by atoms with Gasteiger partial charge >= 0.3 is 0 Å². The monoisotopic (exact) mass is 191 g/mol. The SMILES string of the molecule is Cc1nc(N=C(N)N)nc2c1CCC2. The van der Waals surface area contributed by atoms with Crippen molar-refractivity contribution in [3.05, 3.63) is 17.0 Å². The highest BCUT2D eigenvalue weighted by molar-refractivity contribution is 5.77. The summed E-state index contributed by atoms with van der Waals surface area (Å²) in [6, 6.07) is 0. The summed E-state index contributed by atoms with van der Waals surface area (Å²) in [7, 11) is 0. The minimum Gasteiger partial charge on any atom is -0.370 e. The lowest BCUT2D eigenvalue weighted by Crippen LogP contribution is -2.22. The molecule has 1 aliphatic rings. The van der Waals surface area contributed by atoms with Crippen LogP contribution in [-0.4, -0.2) is 15.9 Å². The van der Waals surface area contributed by atoms with E-state index in [4.69, 9.17) is 11.5 Å². The quantitative estimate of drug-likeness (QED) is 0.489. The average Bonchev–Trinajstić information content (AvgIpc) is 2.50. The molecule has 0 aliphatic heterocycles. The van der Waals surface area contributed by atoms with Crippen LogP contribution in [0.2, 0.25) is 0 Å². The Morgan fingerprint density at radius 2 is 2.07 bits per heavy atom. The first-order valence-electron chi connectivity index (χ1n) is 4.63. The fourth-order valence-electron chi connectivity index (χ4n) is 1.77. The highest BCUT2D eigenvalue weighted by atomic mass is 15.1. The average molecular weight is 191 g/mol. The maximum Gasteiger partial charge on any atom is 0.253 e. The maximum atomic E-state index is 5.27. The van der Waals surface area contributed by atoms with Gasteiger partial charge in [-0.1, -0.05) is 0 Å². The number of aromatic nitrogens is 2. The Kier molecular flexibility index (Phi) is 2.07. The molecule has 1 aliphatic carbocycles. The fourth-order valence-corrected chi connectivity index (χ4v) is 1.77. The van der Waals surface area contributed by atoms with Gasteiger partial charge in [0.05, 0.1) is 0 Å². The van der Waals surface area contributed by atoms with E-state index in [1.54, 1.807) is 0 Å². The van der Waals surface area contributed by atoms with Crippen molar-refractivity contribution in [1.29, 1.82) is 0 Å². The normalized spacial score (nSPS) is 13.8. The van der Waals surface area contributed by atoms with Gasteiger partial charge in [-0.15, -0.1) is 0 Å². The molecule has 0 atom stereocenters. The van der Waals surface area contributed by atoms with E-state index in [1.165, 1.54) is 5.56 Å². The third kappa shape index (κ3) is 1.53. The highest BCUT2D eigenvalue weighted by Gasteiger charge is 2.16. The number of nitrogens with zero attached hydrogens (tertiary/aromatic N) is 3. The van der Waals surface area contributed by atoms with E-state index in [0.717, 1.165) is 30.7 Å². The molecule has 4 N–H and O–H groups in total. The molecule has 5 heteroatoms. The summed E-state index contributed by atoms with van der Waals surface area (Å²) in [5.74, 6) is 0.380. The van der Waals surface area contributed by atoms with Crippen molar-refractivity contribution in [2.75, 3.05) is 0 Å². The Morgan fingerprint density at radius 3 is 2.79 bits per heavy atom. The van der Waals surface area contributed by atoms with E-state index >= 15 is 0 Å². The van der Waals surface area contributed by atoms with Gasteiger partial charge in [0.25, 0.3) is 5.95 Å². The first-order chi connectivity index (χ1) is 6.66. The van der Waals surface area contributed by atoms with E-state index in [1.807, 2.05) is 6.92 Å². The lowest BCUT2D eigenvalue weighted by atomic mass is 10.2. The summed E-state index contributed by atoms with van der Waals surface area (Å²) in [6.45, 7) is 1.97. The number of aryl methyl sites for hydroxylation is 2. The molecule has 74 valence electrons. The number of nitrogens with two attached hydrogens (primary N) is 2. The van der Waals surface area contributed by atoms with Crippen LogP contribution in [0.3, 0.4) is 0 Å². The smallest absolute Gasteiger partial charge is 0.253 e. The fraction of sp³-hybridized carbons (Fsp3) is 0.444. The Balaban J connectivity index is 2.47. The molecule has 0 amide bonds. The van der Waals surface area contributed by atoms with Crippen LogP contribution in [0.25, 0.3) is 0 Å². The van der Waals surface area contributed by atoms with Gasteiger partial charge in [0.2, 0.25) is 0 Å². The molecule has 0 radical (unpaired) electrons. The molecule has 5 nitrogen and oxygen atoms in total. The second-order valence-electron chi connectivity index (χ2n) is 3.42. The van der Waals surface area contributed by atoms with Gasteiger partial charge in [-0.3, -0.25) is 0 Å². The van der Waals surface area contributed by atoms with Crippen LogP contribution in [0.1, 0.15) is 23.4 Å².